The minimum absolute atomic E-state index is 0. The number of amides is 1. The molecule has 1 aliphatic heterocycles. The van der Waals surface area contributed by atoms with Crippen LogP contribution in [0.1, 0.15) is 11.1 Å². The van der Waals surface area contributed by atoms with Crippen LogP contribution in [-0.4, -0.2) is 48.4 Å². The normalized spacial score (nSPS) is 14.2. The summed E-state index contributed by atoms with van der Waals surface area (Å²) in [7, 11) is 0. The number of halogens is 2. The van der Waals surface area contributed by atoms with E-state index in [1.807, 2.05) is 29.2 Å². The molecule has 2 aromatic rings. The predicted molar refractivity (Wildman–Crippen MR) is 112 cm³/mol. The summed E-state index contributed by atoms with van der Waals surface area (Å²) in [5.74, 6) is 0.211. The van der Waals surface area contributed by atoms with Crippen LogP contribution in [0.25, 0.3) is 0 Å². The molecule has 0 saturated carbocycles. The molecule has 1 fully saturated rings. The number of piperazine rings is 1. The first kappa shape index (κ1) is 22.3. The van der Waals surface area contributed by atoms with E-state index in [0.717, 1.165) is 50.4 Å². The van der Waals surface area contributed by atoms with Crippen LogP contribution in [0.2, 0.25) is 0 Å². The van der Waals surface area contributed by atoms with Crippen molar-refractivity contribution in [2.75, 3.05) is 38.5 Å². The Bertz CT molecular complexity index is 657. The highest BCUT2D eigenvalue weighted by Gasteiger charge is 2.20. The Morgan fingerprint density at radius 2 is 1.46 bits per heavy atom. The number of hydrogen-bond donors (Lipinski definition) is 1. The van der Waals surface area contributed by atoms with E-state index in [1.54, 1.807) is 0 Å². The van der Waals surface area contributed by atoms with Crippen molar-refractivity contribution in [2.24, 2.45) is 0 Å². The topological polar surface area (TPSA) is 49.6 Å². The van der Waals surface area contributed by atoms with Crippen LogP contribution >= 0.6 is 24.8 Å². The molecule has 1 saturated heterocycles. The van der Waals surface area contributed by atoms with Crippen LogP contribution in [0, 0.1) is 0 Å². The lowest BCUT2D eigenvalue weighted by Crippen LogP contribution is -2.49. The van der Waals surface area contributed by atoms with Crippen LogP contribution in [-0.2, 0) is 17.6 Å². The molecule has 0 atom stereocenters. The highest BCUT2D eigenvalue weighted by molar-refractivity contribution is 5.85. The molecule has 2 N–H and O–H groups in total. The van der Waals surface area contributed by atoms with Crippen LogP contribution in [0.5, 0.6) is 0 Å². The first-order valence-electron chi connectivity index (χ1n) is 8.59. The maximum atomic E-state index is 12.4. The minimum atomic E-state index is 0. The minimum Gasteiger partial charge on any atom is -0.399 e. The molecule has 1 amide bonds. The summed E-state index contributed by atoms with van der Waals surface area (Å²) in [6.07, 6.45) is 1.53. The zero-order valence-corrected chi connectivity index (χ0v) is 16.5. The third-order valence-electron chi connectivity index (χ3n) is 4.62. The van der Waals surface area contributed by atoms with Crippen molar-refractivity contribution < 1.29 is 4.79 Å². The van der Waals surface area contributed by atoms with E-state index in [4.69, 9.17) is 5.73 Å². The second-order valence-corrected chi connectivity index (χ2v) is 6.38. The van der Waals surface area contributed by atoms with Gasteiger partial charge in [0.05, 0.1) is 6.42 Å². The van der Waals surface area contributed by atoms with Gasteiger partial charge in [-0.3, -0.25) is 9.69 Å². The first-order valence-corrected chi connectivity index (χ1v) is 8.59. The average Bonchev–Trinajstić information content (AvgIpc) is 2.63. The molecule has 6 heteroatoms. The van der Waals surface area contributed by atoms with Crippen molar-refractivity contribution >= 4 is 36.4 Å². The number of benzene rings is 2. The summed E-state index contributed by atoms with van der Waals surface area (Å²) in [4.78, 5) is 16.8. The number of nitrogen functional groups attached to an aromatic ring is 1. The molecule has 1 aliphatic rings. The van der Waals surface area contributed by atoms with Gasteiger partial charge in [-0.15, -0.1) is 24.8 Å². The molecule has 2 aromatic carbocycles. The molecule has 26 heavy (non-hydrogen) atoms. The van der Waals surface area contributed by atoms with E-state index in [1.165, 1.54) is 5.56 Å². The summed E-state index contributed by atoms with van der Waals surface area (Å²) in [5.41, 5.74) is 8.82. The smallest absolute Gasteiger partial charge is 0.227 e. The molecular weight excluding hydrogens is 369 g/mol. The van der Waals surface area contributed by atoms with Gasteiger partial charge in [0.1, 0.15) is 0 Å². The van der Waals surface area contributed by atoms with Gasteiger partial charge in [0.2, 0.25) is 5.91 Å². The molecule has 0 aromatic heterocycles. The SMILES string of the molecule is Cl.Cl.Nc1ccc(CC(=O)N2CCN(CCc3ccccc3)CC2)cc1. The largest absolute Gasteiger partial charge is 0.399 e. The van der Waals surface area contributed by atoms with Crippen molar-refractivity contribution in [3.05, 3.63) is 65.7 Å². The van der Waals surface area contributed by atoms with Gasteiger partial charge in [-0.2, -0.15) is 0 Å². The fourth-order valence-corrected chi connectivity index (χ4v) is 3.07. The van der Waals surface area contributed by atoms with Gasteiger partial charge in [-0.25, -0.2) is 0 Å². The third-order valence-corrected chi connectivity index (χ3v) is 4.62. The lowest BCUT2D eigenvalue weighted by atomic mass is 10.1. The van der Waals surface area contributed by atoms with E-state index in [9.17, 15) is 4.79 Å². The Balaban J connectivity index is 0.00000169. The standard InChI is InChI=1S/C20H25N3O.2ClH/c21-19-8-6-18(7-9-19)16-20(24)23-14-12-22(13-15-23)11-10-17-4-2-1-3-5-17;;/h1-9H,10-16,21H2;2*1H. The summed E-state index contributed by atoms with van der Waals surface area (Å²) in [6, 6.07) is 18.1. The third kappa shape index (κ3) is 6.52. The lowest BCUT2D eigenvalue weighted by molar-refractivity contribution is -0.132. The monoisotopic (exact) mass is 395 g/mol. The van der Waals surface area contributed by atoms with Gasteiger partial charge >= 0.3 is 0 Å². The van der Waals surface area contributed by atoms with E-state index in [2.05, 4.69) is 35.2 Å². The number of nitrogens with zero attached hydrogens (tertiary/aromatic N) is 2. The van der Waals surface area contributed by atoms with E-state index in [-0.39, 0.29) is 30.7 Å². The fourth-order valence-electron chi connectivity index (χ4n) is 3.07. The van der Waals surface area contributed by atoms with E-state index in [0.29, 0.717) is 6.42 Å². The van der Waals surface area contributed by atoms with Crippen molar-refractivity contribution in [1.29, 1.82) is 0 Å². The number of carbonyl (C=O) groups is 1. The predicted octanol–water partition coefficient (Wildman–Crippen LogP) is 3.04. The highest BCUT2D eigenvalue weighted by atomic mass is 35.5. The Hall–Kier alpha value is -1.75. The van der Waals surface area contributed by atoms with Crippen LogP contribution in [0.4, 0.5) is 5.69 Å². The number of hydrogen-bond acceptors (Lipinski definition) is 3. The van der Waals surface area contributed by atoms with Crippen molar-refractivity contribution in [2.45, 2.75) is 12.8 Å². The summed E-state index contributed by atoms with van der Waals surface area (Å²) in [6.45, 7) is 4.62. The maximum absolute atomic E-state index is 12.4. The zero-order valence-electron chi connectivity index (χ0n) is 14.8. The summed E-state index contributed by atoms with van der Waals surface area (Å²) in [5, 5.41) is 0. The number of nitrogens with two attached hydrogens (primary N) is 1. The van der Waals surface area contributed by atoms with Crippen molar-refractivity contribution in [3.63, 3.8) is 0 Å². The average molecular weight is 396 g/mol. The Morgan fingerprint density at radius 1 is 0.846 bits per heavy atom. The van der Waals surface area contributed by atoms with Crippen LogP contribution in [0.15, 0.2) is 54.6 Å². The first-order chi connectivity index (χ1) is 11.7. The molecule has 0 radical (unpaired) electrons. The number of rotatable bonds is 5. The van der Waals surface area contributed by atoms with Gasteiger partial charge in [-0.1, -0.05) is 42.5 Å². The second-order valence-electron chi connectivity index (χ2n) is 6.38. The molecule has 3 rings (SSSR count). The van der Waals surface area contributed by atoms with Crippen molar-refractivity contribution in [3.8, 4) is 0 Å². The quantitative estimate of drug-likeness (QED) is 0.791. The number of anilines is 1. The van der Waals surface area contributed by atoms with Crippen LogP contribution < -0.4 is 5.73 Å². The molecule has 1 heterocycles. The van der Waals surface area contributed by atoms with Crippen molar-refractivity contribution in [1.82, 2.24) is 9.80 Å². The second kappa shape index (κ2) is 11.1. The van der Waals surface area contributed by atoms with E-state index >= 15 is 0 Å². The summed E-state index contributed by atoms with van der Waals surface area (Å²) < 4.78 is 0. The van der Waals surface area contributed by atoms with Gasteiger partial charge in [0, 0.05) is 38.4 Å². The molecule has 0 spiro atoms. The lowest BCUT2D eigenvalue weighted by Gasteiger charge is -2.34. The van der Waals surface area contributed by atoms with Gasteiger partial charge in [0.15, 0.2) is 0 Å². The summed E-state index contributed by atoms with van der Waals surface area (Å²) >= 11 is 0. The van der Waals surface area contributed by atoms with E-state index < -0.39 is 0 Å². The maximum Gasteiger partial charge on any atom is 0.227 e. The zero-order chi connectivity index (χ0) is 16.8. The fraction of sp³-hybridized carbons (Fsp3) is 0.350. The van der Waals surface area contributed by atoms with Crippen LogP contribution in [0.3, 0.4) is 0 Å². The van der Waals surface area contributed by atoms with Gasteiger partial charge in [-0.05, 0) is 29.7 Å². The molecule has 142 valence electrons. The Morgan fingerprint density at radius 3 is 2.08 bits per heavy atom. The highest BCUT2D eigenvalue weighted by Crippen LogP contribution is 2.10. The Kier molecular flexibility index (Phi) is 9.49. The van der Waals surface area contributed by atoms with Gasteiger partial charge in [0.25, 0.3) is 0 Å². The molecule has 4 nitrogen and oxygen atoms in total. The Labute approximate surface area is 168 Å². The number of carbonyl (C=O) groups excluding carboxylic acids is 1. The molecular formula is C20H27Cl2N3O. The molecule has 0 bridgehead atoms. The van der Waals surface area contributed by atoms with Gasteiger partial charge < -0.3 is 10.6 Å². The molecule has 0 unspecified atom stereocenters. The molecule has 0 aliphatic carbocycles.